The van der Waals surface area contributed by atoms with Gasteiger partial charge in [0.05, 0.1) is 12.2 Å². The molecule has 0 bridgehead atoms. The first kappa shape index (κ1) is 18.1. The molecule has 1 atom stereocenters. The molecule has 0 fully saturated rings. The third-order valence-electron chi connectivity index (χ3n) is 4.82. The lowest BCUT2D eigenvalue weighted by Crippen LogP contribution is -2.22. The molecule has 0 radical (unpaired) electrons. The molecule has 142 valence electrons. The summed E-state index contributed by atoms with van der Waals surface area (Å²) in [5.74, 6) is 1.33. The largest absolute Gasteiger partial charge is 0.338 e. The maximum atomic E-state index is 5.44. The van der Waals surface area contributed by atoms with Crippen LogP contribution in [0.1, 0.15) is 35.8 Å². The predicted molar refractivity (Wildman–Crippen MR) is 105 cm³/mol. The highest BCUT2D eigenvalue weighted by molar-refractivity contribution is 5.34. The lowest BCUT2D eigenvalue weighted by atomic mass is 10.1. The fourth-order valence-electron chi connectivity index (χ4n) is 3.06. The molecule has 0 unspecified atom stereocenters. The van der Waals surface area contributed by atoms with Gasteiger partial charge in [-0.25, -0.2) is 9.67 Å². The summed E-state index contributed by atoms with van der Waals surface area (Å²) in [6.45, 7) is 2.75. The normalized spacial score (nSPS) is 12.4. The zero-order valence-electron chi connectivity index (χ0n) is 15.9. The molecule has 4 rings (SSSR count). The van der Waals surface area contributed by atoms with Gasteiger partial charge < -0.3 is 4.52 Å². The van der Waals surface area contributed by atoms with E-state index in [-0.39, 0.29) is 6.04 Å². The van der Waals surface area contributed by atoms with E-state index in [4.69, 9.17) is 4.52 Å². The summed E-state index contributed by atoms with van der Waals surface area (Å²) in [5, 5.41) is 8.26. The van der Waals surface area contributed by atoms with Crippen LogP contribution >= 0.6 is 0 Å². The van der Waals surface area contributed by atoms with Crippen LogP contribution in [-0.2, 0) is 13.0 Å². The molecule has 2 aromatic carbocycles. The number of aromatic nitrogens is 5. The van der Waals surface area contributed by atoms with Crippen LogP contribution in [0.2, 0.25) is 0 Å². The highest BCUT2D eigenvalue weighted by Gasteiger charge is 2.16. The molecule has 28 heavy (non-hydrogen) atoms. The Balaban J connectivity index is 1.38. The summed E-state index contributed by atoms with van der Waals surface area (Å²) in [7, 11) is 2.05. The Hall–Kier alpha value is -3.32. The van der Waals surface area contributed by atoms with E-state index in [1.54, 1.807) is 11.0 Å². The average molecular weight is 374 g/mol. The third-order valence-corrected chi connectivity index (χ3v) is 4.82. The maximum Gasteiger partial charge on any atom is 0.240 e. The van der Waals surface area contributed by atoms with E-state index in [1.807, 2.05) is 30.3 Å². The zero-order chi connectivity index (χ0) is 19.3. The van der Waals surface area contributed by atoms with Gasteiger partial charge in [-0.2, -0.15) is 10.1 Å². The van der Waals surface area contributed by atoms with Crippen LogP contribution in [0.3, 0.4) is 0 Å². The molecule has 2 heterocycles. The molecule has 0 saturated carbocycles. The van der Waals surface area contributed by atoms with Crippen LogP contribution in [0.4, 0.5) is 0 Å². The second-order valence-electron chi connectivity index (χ2n) is 6.79. The van der Waals surface area contributed by atoms with Gasteiger partial charge in [0, 0.05) is 12.5 Å². The molecule has 7 nitrogen and oxygen atoms in total. The predicted octanol–water partition coefficient (Wildman–Crippen LogP) is 3.43. The maximum absolute atomic E-state index is 5.44. The van der Waals surface area contributed by atoms with Gasteiger partial charge in [0.2, 0.25) is 5.89 Å². The van der Waals surface area contributed by atoms with Gasteiger partial charge in [0.1, 0.15) is 12.7 Å². The fourth-order valence-corrected chi connectivity index (χ4v) is 3.06. The lowest BCUT2D eigenvalue weighted by Gasteiger charge is -2.23. The van der Waals surface area contributed by atoms with Crippen LogP contribution in [0.15, 0.2) is 71.8 Å². The number of hydrogen-bond donors (Lipinski definition) is 0. The van der Waals surface area contributed by atoms with Gasteiger partial charge in [0.25, 0.3) is 0 Å². The van der Waals surface area contributed by atoms with Gasteiger partial charge in [-0.3, -0.25) is 4.90 Å². The van der Waals surface area contributed by atoms with Crippen LogP contribution in [-0.4, -0.2) is 36.9 Å². The molecule has 0 N–H and O–H groups in total. The van der Waals surface area contributed by atoms with Gasteiger partial charge in [0.15, 0.2) is 5.82 Å². The molecule has 0 spiro atoms. The van der Waals surface area contributed by atoms with E-state index >= 15 is 0 Å². The van der Waals surface area contributed by atoms with Gasteiger partial charge in [-0.15, -0.1) is 0 Å². The molecule has 4 aromatic rings. The first-order valence-electron chi connectivity index (χ1n) is 9.19. The fraction of sp³-hybridized carbons (Fsp3) is 0.238. The van der Waals surface area contributed by atoms with Crippen LogP contribution < -0.4 is 0 Å². The topological polar surface area (TPSA) is 72.9 Å². The monoisotopic (exact) mass is 374 g/mol. The molecule has 0 aliphatic rings. The average Bonchev–Trinajstić information content (AvgIpc) is 3.41. The zero-order valence-corrected chi connectivity index (χ0v) is 15.9. The van der Waals surface area contributed by atoms with Crippen molar-refractivity contribution in [1.82, 2.24) is 29.8 Å². The van der Waals surface area contributed by atoms with Crippen LogP contribution in [0.5, 0.6) is 0 Å². The molecule has 0 aliphatic heterocycles. The Kier molecular flexibility index (Phi) is 5.25. The van der Waals surface area contributed by atoms with Crippen molar-refractivity contribution >= 4 is 0 Å². The van der Waals surface area contributed by atoms with Crippen molar-refractivity contribution in [2.75, 3.05) is 7.05 Å². The minimum atomic E-state index is 0.203. The standard InChI is InChI=1S/C21H22N6O/c1-16(18-8-10-19(11-9-18)27-15-22-14-23-27)26(2)13-21-24-20(25-28-21)12-17-6-4-3-5-7-17/h3-11,14-16H,12-13H2,1-2H3/t16-/m0/s1. The van der Waals surface area contributed by atoms with E-state index in [1.165, 1.54) is 17.5 Å². The van der Waals surface area contributed by atoms with E-state index in [9.17, 15) is 0 Å². The minimum Gasteiger partial charge on any atom is -0.338 e. The van der Waals surface area contributed by atoms with Crippen molar-refractivity contribution in [3.05, 3.63) is 90.1 Å². The van der Waals surface area contributed by atoms with Crippen molar-refractivity contribution in [3.63, 3.8) is 0 Å². The summed E-state index contributed by atoms with van der Waals surface area (Å²) < 4.78 is 7.18. The van der Waals surface area contributed by atoms with E-state index in [0.29, 0.717) is 24.7 Å². The van der Waals surface area contributed by atoms with Crippen LogP contribution in [0.25, 0.3) is 5.69 Å². The number of benzene rings is 2. The molecular weight excluding hydrogens is 352 g/mol. The third kappa shape index (κ3) is 4.15. The Bertz CT molecular complexity index is 995. The van der Waals surface area contributed by atoms with E-state index in [0.717, 1.165) is 5.69 Å². The second kappa shape index (κ2) is 8.14. The summed E-state index contributed by atoms with van der Waals surface area (Å²) in [6, 6.07) is 18.6. The highest BCUT2D eigenvalue weighted by Crippen LogP contribution is 2.21. The quantitative estimate of drug-likeness (QED) is 0.493. The summed E-state index contributed by atoms with van der Waals surface area (Å²) >= 11 is 0. The molecule has 0 aliphatic carbocycles. The van der Waals surface area contributed by atoms with E-state index < -0.39 is 0 Å². The Labute approximate surface area is 163 Å². The molecule has 2 aromatic heterocycles. The van der Waals surface area contributed by atoms with Crippen molar-refractivity contribution in [2.45, 2.75) is 25.9 Å². The number of rotatable bonds is 7. The smallest absolute Gasteiger partial charge is 0.240 e. The number of hydrogen-bond acceptors (Lipinski definition) is 6. The summed E-state index contributed by atoms with van der Waals surface area (Å²) in [4.78, 5) is 10.7. The molecular formula is C21H22N6O. The summed E-state index contributed by atoms with van der Waals surface area (Å²) in [5.41, 5.74) is 3.36. The SMILES string of the molecule is C[C@@H](c1ccc(-n2cncn2)cc1)N(C)Cc1nc(Cc2ccccc2)no1. The van der Waals surface area contributed by atoms with Crippen molar-refractivity contribution in [2.24, 2.45) is 0 Å². The molecule has 0 saturated heterocycles. The molecule has 0 amide bonds. The van der Waals surface area contributed by atoms with Gasteiger partial charge in [-0.1, -0.05) is 47.6 Å². The molecule has 7 heteroatoms. The Morgan fingerprint density at radius 2 is 1.86 bits per heavy atom. The Morgan fingerprint density at radius 3 is 2.57 bits per heavy atom. The first-order valence-corrected chi connectivity index (χ1v) is 9.19. The summed E-state index contributed by atoms with van der Waals surface area (Å²) in [6.07, 6.45) is 3.89. The van der Waals surface area contributed by atoms with Gasteiger partial charge >= 0.3 is 0 Å². The first-order chi connectivity index (χ1) is 13.7. The lowest BCUT2D eigenvalue weighted by molar-refractivity contribution is 0.216. The second-order valence-corrected chi connectivity index (χ2v) is 6.79. The van der Waals surface area contributed by atoms with Crippen molar-refractivity contribution < 1.29 is 4.52 Å². The van der Waals surface area contributed by atoms with Crippen molar-refractivity contribution in [3.8, 4) is 5.69 Å². The Morgan fingerprint density at radius 1 is 1.07 bits per heavy atom. The number of nitrogens with zero attached hydrogens (tertiary/aromatic N) is 6. The van der Waals surface area contributed by atoms with E-state index in [2.05, 4.69) is 63.4 Å². The van der Waals surface area contributed by atoms with Crippen LogP contribution in [0, 0.1) is 0 Å². The van der Waals surface area contributed by atoms with Gasteiger partial charge in [-0.05, 0) is 37.2 Å². The highest BCUT2D eigenvalue weighted by atomic mass is 16.5. The minimum absolute atomic E-state index is 0.203. The van der Waals surface area contributed by atoms with Crippen molar-refractivity contribution in [1.29, 1.82) is 0 Å².